The highest BCUT2D eigenvalue weighted by molar-refractivity contribution is 6.32. The lowest BCUT2D eigenvalue weighted by Crippen LogP contribution is -2.21. The molecule has 0 bridgehead atoms. The summed E-state index contributed by atoms with van der Waals surface area (Å²) < 4.78 is 5.17. The molecule has 0 aliphatic rings. The van der Waals surface area contributed by atoms with Crippen molar-refractivity contribution in [3.63, 3.8) is 0 Å². The maximum atomic E-state index is 9.08. The van der Waals surface area contributed by atoms with Gasteiger partial charge in [0.15, 0.2) is 0 Å². The van der Waals surface area contributed by atoms with E-state index < -0.39 is 0 Å². The molecule has 22 heavy (non-hydrogen) atoms. The Morgan fingerprint density at radius 2 is 1.95 bits per heavy atom. The average molecular weight is 320 g/mol. The third kappa shape index (κ3) is 4.73. The summed E-state index contributed by atoms with van der Waals surface area (Å²) in [5, 5.41) is 13.2. The van der Waals surface area contributed by atoms with Crippen molar-refractivity contribution in [3.8, 4) is 5.75 Å². The molecular weight excluding hydrogens is 298 g/mol. The minimum atomic E-state index is 0.208. The number of nitrogens with one attached hydrogen (secondary N) is 1. The molecule has 0 spiro atoms. The zero-order valence-corrected chi connectivity index (χ0v) is 13.5. The molecule has 0 radical (unpaired) electrons. The second-order valence-corrected chi connectivity index (χ2v) is 5.59. The molecule has 0 aliphatic carbocycles. The zero-order valence-electron chi connectivity index (χ0n) is 12.8. The van der Waals surface area contributed by atoms with Crippen LogP contribution in [0.4, 0.5) is 0 Å². The number of aliphatic hydroxyl groups excluding tert-OH is 1. The van der Waals surface area contributed by atoms with Gasteiger partial charge in [-0.2, -0.15) is 0 Å². The van der Waals surface area contributed by atoms with Gasteiger partial charge in [-0.15, -0.1) is 0 Å². The first kappa shape index (κ1) is 16.8. The summed E-state index contributed by atoms with van der Waals surface area (Å²) in [6, 6.07) is 16.3. The molecule has 0 heterocycles. The highest BCUT2D eigenvalue weighted by Crippen LogP contribution is 2.25. The van der Waals surface area contributed by atoms with Crippen LogP contribution in [0, 0.1) is 0 Å². The number of rotatable bonds is 8. The van der Waals surface area contributed by atoms with Gasteiger partial charge in [-0.25, -0.2) is 0 Å². The predicted octanol–water partition coefficient (Wildman–Crippen LogP) is 3.95. The zero-order chi connectivity index (χ0) is 15.8. The van der Waals surface area contributed by atoms with Gasteiger partial charge >= 0.3 is 0 Å². The quantitative estimate of drug-likeness (QED) is 0.774. The molecule has 4 heteroatoms. The van der Waals surface area contributed by atoms with Gasteiger partial charge in [0.25, 0.3) is 0 Å². The third-order valence-electron chi connectivity index (χ3n) is 3.62. The van der Waals surface area contributed by atoms with E-state index in [4.69, 9.17) is 21.4 Å². The van der Waals surface area contributed by atoms with Gasteiger partial charge in [0.05, 0.1) is 12.1 Å². The van der Waals surface area contributed by atoms with Crippen molar-refractivity contribution >= 4 is 11.6 Å². The molecule has 2 aromatic carbocycles. The van der Waals surface area contributed by atoms with Crippen LogP contribution in [0.1, 0.15) is 30.0 Å². The standard InChI is InChI=1S/C18H22ClNO2/c1-22-18-10-9-14(12-16(18)19)13-20-17(8-5-11-21)15-6-3-2-4-7-15/h2-4,6-7,9-10,12,17,20-21H,5,8,11,13H2,1H3. The molecule has 0 aliphatic heterocycles. The van der Waals surface area contributed by atoms with Crippen molar-refractivity contribution in [2.45, 2.75) is 25.4 Å². The first-order chi connectivity index (χ1) is 10.7. The molecule has 0 saturated heterocycles. The summed E-state index contributed by atoms with van der Waals surface area (Å²) >= 11 is 6.16. The maximum Gasteiger partial charge on any atom is 0.137 e. The Hall–Kier alpha value is -1.55. The minimum Gasteiger partial charge on any atom is -0.495 e. The number of halogens is 1. The highest BCUT2D eigenvalue weighted by Gasteiger charge is 2.11. The Morgan fingerprint density at radius 3 is 2.59 bits per heavy atom. The van der Waals surface area contributed by atoms with Crippen molar-refractivity contribution in [2.24, 2.45) is 0 Å². The van der Waals surface area contributed by atoms with Crippen molar-refractivity contribution in [1.82, 2.24) is 5.32 Å². The van der Waals surface area contributed by atoms with Crippen LogP contribution < -0.4 is 10.1 Å². The topological polar surface area (TPSA) is 41.5 Å². The number of benzene rings is 2. The average Bonchev–Trinajstić information content (AvgIpc) is 2.56. The van der Waals surface area contributed by atoms with Crippen molar-refractivity contribution in [2.75, 3.05) is 13.7 Å². The lowest BCUT2D eigenvalue weighted by Gasteiger charge is -2.19. The van der Waals surface area contributed by atoms with Crippen LogP contribution in [-0.4, -0.2) is 18.8 Å². The lowest BCUT2D eigenvalue weighted by molar-refractivity contribution is 0.275. The van der Waals surface area contributed by atoms with Gasteiger partial charge in [-0.1, -0.05) is 48.0 Å². The third-order valence-corrected chi connectivity index (χ3v) is 3.92. The molecule has 0 amide bonds. The smallest absolute Gasteiger partial charge is 0.137 e. The summed E-state index contributed by atoms with van der Waals surface area (Å²) in [4.78, 5) is 0. The molecule has 2 rings (SSSR count). The van der Waals surface area contributed by atoms with E-state index in [2.05, 4.69) is 17.4 Å². The molecule has 2 N–H and O–H groups in total. The summed E-state index contributed by atoms with van der Waals surface area (Å²) in [5.41, 5.74) is 2.34. The first-order valence-electron chi connectivity index (χ1n) is 7.46. The number of hydrogen-bond acceptors (Lipinski definition) is 3. The van der Waals surface area contributed by atoms with Gasteiger partial charge in [-0.05, 0) is 36.1 Å². The summed E-state index contributed by atoms with van der Waals surface area (Å²) in [7, 11) is 1.61. The lowest BCUT2D eigenvalue weighted by atomic mass is 10.0. The summed E-state index contributed by atoms with van der Waals surface area (Å²) in [6.45, 7) is 0.925. The fourth-order valence-corrected chi connectivity index (χ4v) is 2.71. The van der Waals surface area contributed by atoms with Gasteiger partial charge < -0.3 is 15.2 Å². The van der Waals surface area contributed by atoms with Crippen LogP contribution in [0.3, 0.4) is 0 Å². The summed E-state index contributed by atoms with van der Waals surface area (Å²) in [5.74, 6) is 0.685. The minimum absolute atomic E-state index is 0.208. The van der Waals surface area contributed by atoms with Gasteiger partial charge in [0, 0.05) is 19.2 Å². The first-order valence-corrected chi connectivity index (χ1v) is 7.84. The van der Waals surface area contributed by atoms with Gasteiger partial charge in [0.1, 0.15) is 5.75 Å². The molecule has 1 atom stereocenters. The van der Waals surface area contributed by atoms with E-state index >= 15 is 0 Å². The van der Waals surface area contributed by atoms with E-state index in [0.29, 0.717) is 17.3 Å². The Morgan fingerprint density at radius 1 is 1.18 bits per heavy atom. The number of aliphatic hydroxyl groups is 1. The van der Waals surface area contributed by atoms with E-state index in [9.17, 15) is 0 Å². The van der Waals surface area contributed by atoms with E-state index in [1.165, 1.54) is 5.56 Å². The largest absolute Gasteiger partial charge is 0.495 e. The molecular formula is C18H22ClNO2. The number of methoxy groups -OCH3 is 1. The maximum absolute atomic E-state index is 9.08. The van der Waals surface area contributed by atoms with Crippen molar-refractivity contribution < 1.29 is 9.84 Å². The van der Waals surface area contributed by atoms with Crippen molar-refractivity contribution in [3.05, 3.63) is 64.7 Å². The second-order valence-electron chi connectivity index (χ2n) is 5.18. The number of ether oxygens (including phenoxy) is 1. The van der Waals surface area contributed by atoms with Gasteiger partial charge in [0.2, 0.25) is 0 Å². The summed E-state index contributed by atoms with van der Waals surface area (Å²) in [6.07, 6.45) is 1.67. The monoisotopic (exact) mass is 319 g/mol. The molecule has 0 saturated carbocycles. The van der Waals surface area contributed by atoms with E-state index in [1.807, 2.05) is 36.4 Å². The normalized spacial score (nSPS) is 12.1. The highest BCUT2D eigenvalue weighted by atomic mass is 35.5. The van der Waals surface area contributed by atoms with E-state index in [0.717, 1.165) is 18.4 Å². The van der Waals surface area contributed by atoms with Crippen LogP contribution in [0.2, 0.25) is 5.02 Å². The van der Waals surface area contributed by atoms with Crippen LogP contribution in [-0.2, 0) is 6.54 Å². The molecule has 118 valence electrons. The molecule has 3 nitrogen and oxygen atoms in total. The Balaban J connectivity index is 2.03. The Bertz CT molecular complexity index is 575. The van der Waals surface area contributed by atoms with Crippen LogP contribution in [0.5, 0.6) is 5.75 Å². The van der Waals surface area contributed by atoms with E-state index in [1.54, 1.807) is 7.11 Å². The van der Waals surface area contributed by atoms with Crippen LogP contribution in [0.25, 0.3) is 0 Å². The molecule has 0 fully saturated rings. The SMILES string of the molecule is COc1ccc(CNC(CCCO)c2ccccc2)cc1Cl. The molecule has 2 aromatic rings. The Kier molecular flexibility index (Phi) is 6.72. The van der Waals surface area contributed by atoms with Crippen LogP contribution >= 0.6 is 11.6 Å². The van der Waals surface area contributed by atoms with Crippen LogP contribution in [0.15, 0.2) is 48.5 Å². The fourth-order valence-electron chi connectivity index (χ4n) is 2.43. The molecule has 0 aromatic heterocycles. The van der Waals surface area contributed by atoms with Gasteiger partial charge in [-0.3, -0.25) is 0 Å². The predicted molar refractivity (Wildman–Crippen MR) is 90.3 cm³/mol. The fraction of sp³-hybridized carbons (Fsp3) is 0.333. The van der Waals surface area contributed by atoms with E-state index in [-0.39, 0.29) is 12.6 Å². The Labute approximate surface area is 136 Å². The number of hydrogen-bond donors (Lipinski definition) is 2. The second kappa shape index (κ2) is 8.79. The molecule has 1 unspecified atom stereocenters. The van der Waals surface area contributed by atoms with Crippen molar-refractivity contribution in [1.29, 1.82) is 0 Å².